The van der Waals surface area contributed by atoms with Crippen LogP contribution >= 0.6 is 0 Å². The fourth-order valence-corrected chi connectivity index (χ4v) is 3.07. The van der Waals surface area contributed by atoms with E-state index in [2.05, 4.69) is 17.2 Å². The average Bonchev–Trinajstić information content (AvgIpc) is 2.39. The number of amides is 2. The van der Waals surface area contributed by atoms with Crippen molar-refractivity contribution < 1.29 is 14.7 Å². The van der Waals surface area contributed by atoms with Gasteiger partial charge in [-0.3, -0.25) is 0 Å². The van der Waals surface area contributed by atoms with E-state index in [0.717, 1.165) is 32.1 Å². The number of nitrogens with one attached hydrogen (secondary N) is 2. The summed E-state index contributed by atoms with van der Waals surface area (Å²) in [6, 6.07) is -0.392. The van der Waals surface area contributed by atoms with Gasteiger partial charge >= 0.3 is 12.0 Å². The molecule has 20 heavy (non-hydrogen) atoms. The zero-order chi connectivity index (χ0) is 15.2. The highest BCUT2D eigenvalue weighted by Gasteiger charge is 2.51. The molecule has 2 atom stereocenters. The lowest BCUT2D eigenvalue weighted by Crippen LogP contribution is -2.65. The minimum absolute atomic E-state index is 0.0670. The van der Waals surface area contributed by atoms with E-state index in [1.54, 1.807) is 6.08 Å². The third kappa shape index (κ3) is 3.52. The van der Waals surface area contributed by atoms with Gasteiger partial charge in [-0.2, -0.15) is 0 Å². The molecule has 0 aromatic heterocycles. The Balaban J connectivity index is 2.68. The van der Waals surface area contributed by atoms with Crippen LogP contribution in [0.4, 0.5) is 4.79 Å². The lowest BCUT2D eigenvalue weighted by molar-refractivity contribution is -0.151. The van der Waals surface area contributed by atoms with Crippen molar-refractivity contribution in [3.63, 3.8) is 0 Å². The molecule has 2 unspecified atom stereocenters. The Kier molecular flexibility index (Phi) is 6.05. The van der Waals surface area contributed by atoms with Crippen molar-refractivity contribution in [1.82, 2.24) is 10.6 Å². The maximum absolute atomic E-state index is 12.0. The monoisotopic (exact) mass is 282 g/mol. The van der Waals surface area contributed by atoms with Crippen LogP contribution < -0.4 is 10.6 Å². The second-order valence-corrected chi connectivity index (χ2v) is 5.72. The van der Waals surface area contributed by atoms with Crippen molar-refractivity contribution in [1.29, 1.82) is 0 Å². The van der Waals surface area contributed by atoms with Crippen LogP contribution in [0.3, 0.4) is 0 Å². The maximum atomic E-state index is 12.0. The van der Waals surface area contributed by atoms with Crippen LogP contribution in [0.2, 0.25) is 0 Å². The van der Waals surface area contributed by atoms with E-state index in [9.17, 15) is 14.7 Å². The number of carbonyl (C=O) groups is 2. The van der Waals surface area contributed by atoms with Gasteiger partial charge in [0.1, 0.15) is 5.54 Å². The molecule has 0 bridgehead atoms. The Morgan fingerprint density at radius 2 is 1.95 bits per heavy atom. The largest absolute Gasteiger partial charge is 0.479 e. The molecule has 0 radical (unpaired) electrons. The van der Waals surface area contributed by atoms with Crippen LogP contribution in [-0.4, -0.2) is 29.2 Å². The molecule has 1 saturated carbocycles. The first-order valence-electron chi connectivity index (χ1n) is 7.35. The molecular formula is C15H26N2O3. The number of urea groups is 1. The summed E-state index contributed by atoms with van der Waals surface area (Å²) in [5, 5.41) is 15.1. The molecule has 3 N–H and O–H groups in total. The summed E-state index contributed by atoms with van der Waals surface area (Å²) >= 11 is 0. The molecule has 0 aromatic carbocycles. The van der Waals surface area contributed by atoms with Gasteiger partial charge in [-0.05, 0) is 37.5 Å². The fraction of sp³-hybridized carbons (Fsp3) is 0.733. The van der Waals surface area contributed by atoms with Gasteiger partial charge in [0.15, 0.2) is 0 Å². The number of carboxylic acid groups (broad SMARTS) is 1. The number of hydrogen-bond acceptors (Lipinski definition) is 2. The first-order valence-corrected chi connectivity index (χ1v) is 7.35. The predicted octanol–water partition coefficient (Wildman–Crippen LogP) is 2.53. The van der Waals surface area contributed by atoms with E-state index < -0.39 is 17.5 Å². The third-order valence-corrected chi connectivity index (χ3v) is 4.37. The molecule has 0 heterocycles. The number of unbranched alkanes of at least 4 members (excludes halogenated alkanes) is 1. The highest BCUT2D eigenvalue weighted by Crippen LogP contribution is 2.38. The molecule has 1 aliphatic carbocycles. The molecular weight excluding hydrogens is 256 g/mol. The number of carbonyl (C=O) groups excluding carboxylic acids is 1. The molecule has 1 aliphatic rings. The van der Waals surface area contributed by atoms with E-state index in [1.807, 2.05) is 13.8 Å². The summed E-state index contributed by atoms with van der Waals surface area (Å²) in [4.78, 5) is 23.7. The first-order chi connectivity index (χ1) is 9.45. The smallest absolute Gasteiger partial charge is 0.330 e. The van der Waals surface area contributed by atoms with Crippen LogP contribution in [0.15, 0.2) is 12.7 Å². The molecule has 1 fully saturated rings. The van der Waals surface area contributed by atoms with E-state index in [0.29, 0.717) is 6.54 Å². The van der Waals surface area contributed by atoms with Gasteiger partial charge in [0, 0.05) is 6.54 Å². The second kappa shape index (κ2) is 7.31. The van der Waals surface area contributed by atoms with E-state index in [4.69, 9.17) is 0 Å². The topological polar surface area (TPSA) is 78.4 Å². The Morgan fingerprint density at radius 3 is 2.45 bits per heavy atom. The van der Waals surface area contributed by atoms with Crippen LogP contribution in [0.5, 0.6) is 0 Å². The Hall–Kier alpha value is -1.52. The number of carboxylic acids is 1. The molecule has 114 valence electrons. The SMILES string of the molecule is C=CCCCNC(=O)NC1(C(=O)O)C(C)CCCC1C. The molecule has 2 amide bonds. The fourth-order valence-electron chi connectivity index (χ4n) is 3.07. The molecule has 0 aromatic rings. The lowest BCUT2D eigenvalue weighted by atomic mass is 9.67. The predicted molar refractivity (Wildman–Crippen MR) is 78.5 cm³/mol. The van der Waals surface area contributed by atoms with Crippen molar-refractivity contribution in [2.24, 2.45) is 11.8 Å². The molecule has 0 spiro atoms. The number of aliphatic carboxylic acids is 1. The average molecular weight is 282 g/mol. The Bertz CT molecular complexity index is 358. The quantitative estimate of drug-likeness (QED) is 0.517. The van der Waals surface area contributed by atoms with Gasteiger partial charge in [0.25, 0.3) is 0 Å². The molecule has 5 nitrogen and oxygen atoms in total. The summed E-state index contributed by atoms with van der Waals surface area (Å²) < 4.78 is 0. The Morgan fingerprint density at radius 1 is 1.35 bits per heavy atom. The molecule has 1 rings (SSSR count). The van der Waals surface area contributed by atoms with Crippen molar-refractivity contribution in [2.45, 2.75) is 51.5 Å². The highest BCUT2D eigenvalue weighted by molar-refractivity contribution is 5.87. The van der Waals surface area contributed by atoms with Gasteiger partial charge < -0.3 is 15.7 Å². The van der Waals surface area contributed by atoms with Crippen LogP contribution in [0, 0.1) is 11.8 Å². The minimum atomic E-state index is -1.15. The zero-order valence-corrected chi connectivity index (χ0v) is 12.4. The van der Waals surface area contributed by atoms with E-state index in [1.165, 1.54) is 0 Å². The van der Waals surface area contributed by atoms with E-state index in [-0.39, 0.29) is 11.8 Å². The van der Waals surface area contributed by atoms with Crippen molar-refractivity contribution in [2.75, 3.05) is 6.54 Å². The van der Waals surface area contributed by atoms with Gasteiger partial charge in [-0.15, -0.1) is 6.58 Å². The van der Waals surface area contributed by atoms with Crippen LogP contribution in [0.1, 0.15) is 46.0 Å². The molecule has 0 aliphatic heterocycles. The molecule has 0 saturated heterocycles. The van der Waals surface area contributed by atoms with Gasteiger partial charge in [0.2, 0.25) is 0 Å². The van der Waals surface area contributed by atoms with E-state index >= 15 is 0 Å². The van der Waals surface area contributed by atoms with Gasteiger partial charge in [-0.25, -0.2) is 9.59 Å². The van der Waals surface area contributed by atoms with Crippen molar-refractivity contribution >= 4 is 12.0 Å². The molecule has 5 heteroatoms. The second-order valence-electron chi connectivity index (χ2n) is 5.72. The normalized spacial score (nSPS) is 29.5. The number of hydrogen-bond donors (Lipinski definition) is 3. The summed E-state index contributed by atoms with van der Waals surface area (Å²) in [6.07, 6.45) is 6.10. The summed E-state index contributed by atoms with van der Waals surface area (Å²) in [5.41, 5.74) is -1.15. The summed E-state index contributed by atoms with van der Waals surface area (Å²) in [7, 11) is 0. The number of allylic oxidation sites excluding steroid dienone is 1. The minimum Gasteiger partial charge on any atom is -0.479 e. The van der Waals surface area contributed by atoms with Crippen molar-refractivity contribution in [3.05, 3.63) is 12.7 Å². The Labute approximate surface area is 120 Å². The maximum Gasteiger partial charge on any atom is 0.330 e. The van der Waals surface area contributed by atoms with Crippen LogP contribution in [0.25, 0.3) is 0 Å². The number of rotatable bonds is 6. The summed E-state index contributed by atoms with van der Waals surface area (Å²) in [6.45, 7) is 7.95. The first kappa shape index (κ1) is 16.5. The van der Waals surface area contributed by atoms with Gasteiger partial charge in [0.05, 0.1) is 0 Å². The lowest BCUT2D eigenvalue weighted by Gasteiger charge is -2.44. The van der Waals surface area contributed by atoms with Crippen molar-refractivity contribution in [3.8, 4) is 0 Å². The third-order valence-electron chi connectivity index (χ3n) is 4.37. The summed E-state index contributed by atoms with van der Waals surface area (Å²) in [5.74, 6) is -1.07. The van der Waals surface area contributed by atoms with Crippen LogP contribution in [-0.2, 0) is 4.79 Å². The zero-order valence-electron chi connectivity index (χ0n) is 12.4. The van der Waals surface area contributed by atoms with Gasteiger partial charge in [-0.1, -0.05) is 26.3 Å². The standard InChI is InChI=1S/C15H26N2O3/c1-4-5-6-10-16-14(20)17-15(13(18)19)11(2)8-7-9-12(15)3/h4,11-12H,1,5-10H2,2-3H3,(H,18,19)(H2,16,17,20). The highest BCUT2D eigenvalue weighted by atomic mass is 16.4.